The van der Waals surface area contributed by atoms with Gasteiger partial charge in [0.25, 0.3) is 5.91 Å². The van der Waals surface area contributed by atoms with E-state index in [0.717, 1.165) is 15.2 Å². The number of carbonyl (C=O) groups excluding carboxylic acids is 1. The molecule has 2 rings (SSSR count). The van der Waals surface area contributed by atoms with Crippen molar-refractivity contribution in [3.63, 3.8) is 0 Å². The van der Waals surface area contributed by atoms with Crippen LogP contribution in [-0.2, 0) is 6.42 Å². The third kappa shape index (κ3) is 3.59. The molecule has 0 spiro atoms. The van der Waals surface area contributed by atoms with Crippen molar-refractivity contribution in [3.8, 4) is 0 Å². The van der Waals surface area contributed by atoms with E-state index in [2.05, 4.69) is 31.2 Å². The zero-order valence-corrected chi connectivity index (χ0v) is 12.7. The van der Waals surface area contributed by atoms with E-state index in [1.807, 2.05) is 13.0 Å². The maximum atomic E-state index is 12.0. The molecule has 0 aliphatic rings. The van der Waals surface area contributed by atoms with Crippen LogP contribution in [0.2, 0.25) is 0 Å². The molecule has 2 aromatic rings. The van der Waals surface area contributed by atoms with Crippen LogP contribution in [0.5, 0.6) is 0 Å². The van der Waals surface area contributed by atoms with Crippen LogP contribution in [0.15, 0.2) is 22.2 Å². The number of nitrogens with one attached hydrogen (secondary N) is 1. The SMILES string of the molecule is Cc1cc(NC(=O)c2csc(CCN)n2)cnc1Br. The lowest BCUT2D eigenvalue weighted by molar-refractivity contribution is 0.102. The van der Waals surface area contributed by atoms with E-state index < -0.39 is 0 Å². The molecule has 0 saturated carbocycles. The van der Waals surface area contributed by atoms with Gasteiger partial charge in [0.05, 0.1) is 16.9 Å². The number of anilines is 1. The fourth-order valence-electron chi connectivity index (χ4n) is 1.48. The highest BCUT2D eigenvalue weighted by molar-refractivity contribution is 9.10. The third-order valence-electron chi connectivity index (χ3n) is 2.41. The lowest BCUT2D eigenvalue weighted by atomic mass is 10.3. The summed E-state index contributed by atoms with van der Waals surface area (Å²) in [4.78, 5) is 20.4. The molecule has 0 bridgehead atoms. The predicted molar refractivity (Wildman–Crippen MR) is 79.5 cm³/mol. The summed E-state index contributed by atoms with van der Waals surface area (Å²) < 4.78 is 0.768. The molecule has 0 saturated heterocycles. The number of hydrogen-bond acceptors (Lipinski definition) is 5. The lowest BCUT2D eigenvalue weighted by Crippen LogP contribution is -2.13. The molecule has 5 nitrogen and oxygen atoms in total. The van der Waals surface area contributed by atoms with Crippen LogP contribution >= 0.6 is 27.3 Å². The highest BCUT2D eigenvalue weighted by Gasteiger charge is 2.11. The number of aryl methyl sites for hydroxylation is 1. The van der Waals surface area contributed by atoms with Crippen LogP contribution < -0.4 is 11.1 Å². The van der Waals surface area contributed by atoms with E-state index in [9.17, 15) is 4.79 Å². The zero-order chi connectivity index (χ0) is 13.8. The van der Waals surface area contributed by atoms with Crippen molar-refractivity contribution in [2.75, 3.05) is 11.9 Å². The van der Waals surface area contributed by atoms with Gasteiger partial charge in [0.2, 0.25) is 0 Å². The molecule has 2 aromatic heterocycles. The Morgan fingerprint density at radius 2 is 2.37 bits per heavy atom. The summed E-state index contributed by atoms with van der Waals surface area (Å²) in [6.07, 6.45) is 2.29. The first kappa shape index (κ1) is 14.1. The number of halogens is 1. The normalized spacial score (nSPS) is 10.5. The summed E-state index contributed by atoms with van der Waals surface area (Å²) in [6.45, 7) is 2.44. The van der Waals surface area contributed by atoms with Crippen LogP contribution in [0, 0.1) is 6.92 Å². The van der Waals surface area contributed by atoms with Gasteiger partial charge in [-0.1, -0.05) is 0 Å². The molecule has 3 N–H and O–H groups in total. The van der Waals surface area contributed by atoms with Crippen molar-refractivity contribution in [3.05, 3.63) is 38.5 Å². The molecular weight excluding hydrogens is 328 g/mol. The molecule has 19 heavy (non-hydrogen) atoms. The van der Waals surface area contributed by atoms with Crippen LogP contribution in [0.1, 0.15) is 21.1 Å². The average molecular weight is 341 g/mol. The Kier molecular flexibility index (Phi) is 4.62. The second-order valence-electron chi connectivity index (χ2n) is 3.95. The van der Waals surface area contributed by atoms with Gasteiger partial charge in [0.15, 0.2) is 0 Å². The van der Waals surface area contributed by atoms with Crippen LogP contribution in [0.25, 0.3) is 0 Å². The summed E-state index contributed by atoms with van der Waals surface area (Å²) in [6, 6.07) is 1.85. The van der Waals surface area contributed by atoms with E-state index in [4.69, 9.17) is 5.73 Å². The molecule has 0 aromatic carbocycles. The van der Waals surface area contributed by atoms with Crippen LogP contribution in [-0.4, -0.2) is 22.4 Å². The summed E-state index contributed by atoms with van der Waals surface area (Å²) >= 11 is 4.76. The molecule has 0 unspecified atom stereocenters. The lowest BCUT2D eigenvalue weighted by Gasteiger charge is -2.04. The minimum Gasteiger partial charge on any atom is -0.330 e. The van der Waals surface area contributed by atoms with Gasteiger partial charge in [-0.15, -0.1) is 11.3 Å². The standard InChI is InChI=1S/C12H13BrN4OS/c1-7-4-8(5-15-11(7)13)16-12(18)9-6-19-10(17-9)2-3-14/h4-6H,2-3,14H2,1H3,(H,16,18). The van der Waals surface area contributed by atoms with Crippen molar-refractivity contribution in [1.82, 2.24) is 9.97 Å². The summed E-state index contributed by atoms with van der Waals surface area (Å²) in [5.74, 6) is -0.233. The Morgan fingerprint density at radius 3 is 3.05 bits per heavy atom. The minimum atomic E-state index is -0.233. The molecular formula is C12H13BrN4OS. The highest BCUT2D eigenvalue weighted by Crippen LogP contribution is 2.18. The van der Waals surface area contributed by atoms with Gasteiger partial charge in [-0.2, -0.15) is 0 Å². The van der Waals surface area contributed by atoms with Gasteiger partial charge in [0.1, 0.15) is 10.3 Å². The van der Waals surface area contributed by atoms with E-state index in [1.165, 1.54) is 11.3 Å². The van der Waals surface area contributed by atoms with Gasteiger partial charge < -0.3 is 11.1 Å². The number of pyridine rings is 1. The van der Waals surface area contributed by atoms with Crippen molar-refractivity contribution in [1.29, 1.82) is 0 Å². The number of nitrogens with two attached hydrogens (primary N) is 1. The number of thiazole rings is 1. The molecule has 0 aliphatic heterocycles. The van der Waals surface area contributed by atoms with Crippen molar-refractivity contribution >= 4 is 38.9 Å². The Balaban J connectivity index is 2.09. The van der Waals surface area contributed by atoms with Crippen molar-refractivity contribution in [2.24, 2.45) is 5.73 Å². The van der Waals surface area contributed by atoms with Gasteiger partial charge in [-0.3, -0.25) is 4.79 Å². The van der Waals surface area contributed by atoms with E-state index in [-0.39, 0.29) is 5.91 Å². The Labute approximate surface area is 123 Å². The second-order valence-corrected chi connectivity index (χ2v) is 5.64. The summed E-state index contributed by atoms with van der Waals surface area (Å²) in [5, 5.41) is 5.38. The molecule has 100 valence electrons. The average Bonchev–Trinajstić information content (AvgIpc) is 2.83. The Hall–Kier alpha value is -1.31. The number of aromatic nitrogens is 2. The number of carbonyl (C=O) groups is 1. The monoisotopic (exact) mass is 340 g/mol. The largest absolute Gasteiger partial charge is 0.330 e. The first-order chi connectivity index (χ1) is 9.10. The van der Waals surface area contributed by atoms with Crippen molar-refractivity contribution < 1.29 is 4.79 Å². The fraction of sp³-hybridized carbons (Fsp3) is 0.250. The quantitative estimate of drug-likeness (QED) is 0.837. The first-order valence-electron chi connectivity index (χ1n) is 5.68. The van der Waals surface area contributed by atoms with Gasteiger partial charge in [0, 0.05) is 11.8 Å². The number of amides is 1. The maximum absolute atomic E-state index is 12.0. The van der Waals surface area contributed by atoms with Crippen molar-refractivity contribution in [2.45, 2.75) is 13.3 Å². The minimum absolute atomic E-state index is 0.233. The van der Waals surface area contributed by atoms with E-state index in [1.54, 1.807) is 11.6 Å². The topological polar surface area (TPSA) is 80.9 Å². The molecule has 0 radical (unpaired) electrons. The predicted octanol–water partition coefficient (Wildman–Crippen LogP) is 2.36. The Bertz CT molecular complexity index is 599. The van der Waals surface area contributed by atoms with Crippen LogP contribution in [0.4, 0.5) is 5.69 Å². The molecule has 2 heterocycles. The molecule has 7 heteroatoms. The first-order valence-corrected chi connectivity index (χ1v) is 7.35. The molecule has 1 amide bonds. The zero-order valence-electron chi connectivity index (χ0n) is 10.3. The van der Waals surface area contributed by atoms with Crippen LogP contribution in [0.3, 0.4) is 0 Å². The van der Waals surface area contributed by atoms with E-state index >= 15 is 0 Å². The fourth-order valence-corrected chi connectivity index (χ4v) is 2.49. The van der Waals surface area contributed by atoms with E-state index in [0.29, 0.717) is 24.3 Å². The number of rotatable bonds is 4. The Morgan fingerprint density at radius 1 is 1.58 bits per heavy atom. The van der Waals surface area contributed by atoms with Gasteiger partial charge >= 0.3 is 0 Å². The maximum Gasteiger partial charge on any atom is 0.275 e. The summed E-state index contributed by atoms with van der Waals surface area (Å²) in [5.41, 5.74) is 7.47. The number of nitrogens with zero attached hydrogens (tertiary/aromatic N) is 2. The smallest absolute Gasteiger partial charge is 0.275 e. The third-order valence-corrected chi connectivity index (χ3v) is 4.15. The van der Waals surface area contributed by atoms with Gasteiger partial charge in [-0.05, 0) is 41.0 Å². The highest BCUT2D eigenvalue weighted by atomic mass is 79.9. The summed E-state index contributed by atoms with van der Waals surface area (Å²) in [7, 11) is 0. The number of hydrogen-bond donors (Lipinski definition) is 2. The molecule has 0 atom stereocenters. The van der Waals surface area contributed by atoms with Gasteiger partial charge in [-0.25, -0.2) is 9.97 Å². The molecule has 0 fully saturated rings. The second kappa shape index (κ2) is 6.23. The molecule has 0 aliphatic carbocycles.